The fourth-order valence-electron chi connectivity index (χ4n) is 3.18. The van der Waals surface area contributed by atoms with Gasteiger partial charge in [0.1, 0.15) is 0 Å². The maximum Gasteiger partial charge on any atom is 0.0595 e. The van der Waals surface area contributed by atoms with Gasteiger partial charge in [-0.3, -0.25) is 0 Å². The molecule has 0 aromatic heterocycles. The van der Waals surface area contributed by atoms with E-state index in [9.17, 15) is 0 Å². The number of rotatable bonds is 5. The van der Waals surface area contributed by atoms with E-state index in [0.29, 0.717) is 22.1 Å². The molecule has 0 saturated carbocycles. The van der Waals surface area contributed by atoms with E-state index >= 15 is 0 Å². The Morgan fingerprint density at radius 3 is 2.43 bits per heavy atom. The van der Waals surface area contributed by atoms with Crippen LogP contribution in [0.25, 0.3) is 0 Å². The molecule has 118 valence electrons. The van der Waals surface area contributed by atoms with Gasteiger partial charge in [0.25, 0.3) is 0 Å². The van der Waals surface area contributed by atoms with E-state index in [2.05, 4.69) is 37.1 Å². The standard InChI is InChI=1S/C17H26Cl2N2/c1-4-21-9-7-14(8-10-21)12(2)20-13(3)15-5-6-16(18)17(19)11-15/h5-6,11-14,20H,4,7-10H2,1-3H3. The molecule has 1 aromatic rings. The molecule has 0 aliphatic carbocycles. The molecule has 1 aliphatic heterocycles. The van der Waals surface area contributed by atoms with Crippen LogP contribution in [0, 0.1) is 5.92 Å². The summed E-state index contributed by atoms with van der Waals surface area (Å²) in [6.45, 7) is 10.4. The first-order valence-electron chi connectivity index (χ1n) is 7.94. The Morgan fingerprint density at radius 2 is 1.86 bits per heavy atom. The highest BCUT2D eigenvalue weighted by molar-refractivity contribution is 6.42. The molecule has 1 aromatic carbocycles. The number of halogens is 2. The maximum absolute atomic E-state index is 6.11. The van der Waals surface area contributed by atoms with Crippen LogP contribution in [0.5, 0.6) is 0 Å². The van der Waals surface area contributed by atoms with E-state index in [1.165, 1.54) is 38.0 Å². The number of likely N-dealkylation sites (tertiary alicyclic amines) is 1. The lowest BCUT2D eigenvalue weighted by Gasteiger charge is -2.35. The molecule has 0 radical (unpaired) electrons. The molecule has 2 atom stereocenters. The monoisotopic (exact) mass is 328 g/mol. The Hall–Kier alpha value is -0.280. The summed E-state index contributed by atoms with van der Waals surface area (Å²) in [5.74, 6) is 0.762. The highest BCUT2D eigenvalue weighted by Crippen LogP contribution is 2.27. The van der Waals surface area contributed by atoms with Gasteiger partial charge in [-0.15, -0.1) is 0 Å². The second-order valence-electron chi connectivity index (χ2n) is 6.12. The van der Waals surface area contributed by atoms with E-state index in [1.807, 2.05) is 12.1 Å². The maximum atomic E-state index is 6.11. The summed E-state index contributed by atoms with van der Waals surface area (Å²) in [5.41, 5.74) is 1.20. The molecule has 0 bridgehead atoms. The Labute approximate surface area is 138 Å². The molecule has 0 amide bonds. The highest BCUT2D eigenvalue weighted by Gasteiger charge is 2.24. The minimum absolute atomic E-state index is 0.291. The van der Waals surface area contributed by atoms with Crippen molar-refractivity contribution in [3.63, 3.8) is 0 Å². The van der Waals surface area contributed by atoms with Crippen LogP contribution in [-0.2, 0) is 0 Å². The molecule has 2 nitrogen and oxygen atoms in total. The third kappa shape index (κ3) is 4.59. The zero-order valence-corrected chi connectivity index (χ0v) is 14.7. The Kier molecular flexibility index (Phi) is 6.36. The van der Waals surface area contributed by atoms with Crippen molar-refractivity contribution >= 4 is 23.2 Å². The average Bonchev–Trinajstić information content (AvgIpc) is 2.50. The third-order valence-corrected chi connectivity index (χ3v) is 5.48. The lowest BCUT2D eigenvalue weighted by Crippen LogP contribution is -2.42. The van der Waals surface area contributed by atoms with E-state index < -0.39 is 0 Å². The molecule has 2 unspecified atom stereocenters. The van der Waals surface area contributed by atoms with Gasteiger partial charge in [-0.1, -0.05) is 36.2 Å². The SMILES string of the molecule is CCN1CCC(C(C)NC(C)c2ccc(Cl)c(Cl)c2)CC1. The summed E-state index contributed by atoms with van der Waals surface area (Å²) < 4.78 is 0. The predicted octanol–water partition coefficient (Wildman–Crippen LogP) is 4.76. The van der Waals surface area contributed by atoms with Crippen molar-refractivity contribution < 1.29 is 0 Å². The van der Waals surface area contributed by atoms with Crippen LogP contribution in [0.3, 0.4) is 0 Å². The molecule has 1 saturated heterocycles. The molecule has 1 heterocycles. The number of hydrogen-bond donors (Lipinski definition) is 1. The van der Waals surface area contributed by atoms with Gasteiger partial charge in [-0.25, -0.2) is 0 Å². The first-order valence-corrected chi connectivity index (χ1v) is 8.70. The number of piperidine rings is 1. The van der Waals surface area contributed by atoms with Gasteiger partial charge >= 0.3 is 0 Å². The lowest BCUT2D eigenvalue weighted by molar-refractivity contribution is 0.165. The number of hydrogen-bond acceptors (Lipinski definition) is 2. The van der Waals surface area contributed by atoms with Crippen molar-refractivity contribution in [3.05, 3.63) is 33.8 Å². The fourth-order valence-corrected chi connectivity index (χ4v) is 3.48. The first-order chi connectivity index (χ1) is 10.0. The Morgan fingerprint density at radius 1 is 1.19 bits per heavy atom. The van der Waals surface area contributed by atoms with Gasteiger partial charge in [0.15, 0.2) is 0 Å². The zero-order valence-electron chi connectivity index (χ0n) is 13.2. The molecule has 1 aliphatic rings. The Bertz CT molecular complexity index is 456. The van der Waals surface area contributed by atoms with Gasteiger partial charge in [-0.05, 0) is 69.9 Å². The van der Waals surface area contributed by atoms with E-state index in [0.717, 1.165) is 5.92 Å². The van der Waals surface area contributed by atoms with Gasteiger partial charge in [0.05, 0.1) is 10.0 Å². The molecular formula is C17H26Cl2N2. The normalized spacial score (nSPS) is 20.4. The molecular weight excluding hydrogens is 303 g/mol. The smallest absolute Gasteiger partial charge is 0.0595 e. The summed E-state index contributed by atoms with van der Waals surface area (Å²) in [4.78, 5) is 2.53. The van der Waals surface area contributed by atoms with Crippen molar-refractivity contribution in [2.45, 2.75) is 45.7 Å². The Balaban J connectivity index is 1.89. The second kappa shape index (κ2) is 7.82. The topological polar surface area (TPSA) is 15.3 Å². The second-order valence-corrected chi connectivity index (χ2v) is 6.94. The third-order valence-electron chi connectivity index (χ3n) is 4.74. The van der Waals surface area contributed by atoms with E-state index in [4.69, 9.17) is 23.2 Å². The van der Waals surface area contributed by atoms with E-state index in [-0.39, 0.29) is 0 Å². The van der Waals surface area contributed by atoms with Gasteiger partial charge < -0.3 is 10.2 Å². The van der Waals surface area contributed by atoms with Crippen LogP contribution < -0.4 is 5.32 Å². The number of nitrogens with zero attached hydrogens (tertiary/aromatic N) is 1. The summed E-state index contributed by atoms with van der Waals surface area (Å²) in [6.07, 6.45) is 2.58. The summed E-state index contributed by atoms with van der Waals surface area (Å²) in [6, 6.07) is 6.71. The largest absolute Gasteiger partial charge is 0.307 e. The minimum atomic E-state index is 0.291. The van der Waals surface area contributed by atoms with Crippen LogP contribution >= 0.6 is 23.2 Å². The zero-order chi connectivity index (χ0) is 15.4. The van der Waals surface area contributed by atoms with Crippen molar-refractivity contribution in [2.24, 2.45) is 5.92 Å². The number of nitrogens with one attached hydrogen (secondary N) is 1. The molecule has 2 rings (SSSR count). The van der Waals surface area contributed by atoms with Gasteiger partial charge in [0.2, 0.25) is 0 Å². The van der Waals surface area contributed by atoms with Crippen molar-refractivity contribution in [1.82, 2.24) is 10.2 Å². The average molecular weight is 329 g/mol. The summed E-state index contributed by atoms with van der Waals surface area (Å²) >= 11 is 12.1. The van der Waals surface area contributed by atoms with Crippen molar-refractivity contribution in [2.75, 3.05) is 19.6 Å². The predicted molar refractivity (Wildman–Crippen MR) is 92.3 cm³/mol. The minimum Gasteiger partial charge on any atom is -0.307 e. The van der Waals surface area contributed by atoms with Crippen LogP contribution in [0.2, 0.25) is 10.0 Å². The molecule has 1 N–H and O–H groups in total. The molecule has 21 heavy (non-hydrogen) atoms. The summed E-state index contributed by atoms with van der Waals surface area (Å²) in [5, 5.41) is 4.97. The lowest BCUT2D eigenvalue weighted by atomic mass is 9.89. The van der Waals surface area contributed by atoms with Crippen LogP contribution in [0.15, 0.2) is 18.2 Å². The molecule has 0 spiro atoms. The summed E-state index contributed by atoms with van der Waals surface area (Å²) in [7, 11) is 0. The molecule has 4 heteroatoms. The van der Waals surface area contributed by atoms with E-state index in [1.54, 1.807) is 0 Å². The first kappa shape index (κ1) is 17.1. The van der Waals surface area contributed by atoms with Gasteiger partial charge in [0, 0.05) is 12.1 Å². The fraction of sp³-hybridized carbons (Fsp3) is 0.647. The number of benzene rings is 1. The highest BCUT2D eigenvalue weighted by atomic mass is 35.5. The van der Waals surface area contributed by atoms with Crippen molar-refractivity contribution in [1.29, 1.82) is 0 Å². The van der Waals surface area contributed by atoms with Crippen LogP contribution in [0.1, 0.15) is 45.2 Å². The van der Waals surface area contributed by atoms with Crippen LogP contribution in [-0.4, -0.2) is 30.6 Å². The molecule has 1 fully saturated rings. The van der Waals surface area contributed by atoms with Crippen LogP contribution in [0.4, 0.5) is 0 Å². The van der Waals surface area contributed by atoms with Crippen molar-refractivity contribution in [3.8, 4) is 0 Å². The quantitative estimate of drug-likeness (QED) is 0.837. The van der Waals surface area contributed by atoms with Gasteiger partial charge in [-0.2, -0.15) is 0 Å².